The van der Waals surface area contributed by atoms with Gasteiger partial charge in [0.05, 0.1) is 19.4 Å². The van der Waals surface area contributed by atoms with Crippen molar-refractivity contribution in [3.8, 4) is 0 Å². The highest BCUT2D eigenvalue weighted by atomic mass is 32.3. The lowest BCUT2D eigenvalue weighted by atomic mass is 10.5. The minimum Gasteiger partial charge on any atom is -0.361 e. The summed E-state index contributed by atoms with van der Waals surface area (Å²) >= 11 is 0. The van der Waals surface area contributed by atoms with E-state index in [4.69, 9.17) is 0 Å². The highest BCUT2D eigenvalue weighted by molar-refractivity contribution is 7.99. The summed E-state index contributed by atoms with van der Waals surface area (Å²) in [5, 5.41) is 0. The molecule has 0 unspecified atom stereocenters. The van der Waals surface area contributed by atoms with Gasteiger partial charge in [-0.05, 0) is 0 Å². The third kappa shape index (κ3) is 5.46. The maximum absolute atomic E-state index is 11.1. The quantitative estimate of drug-likeness (QED) is 0.398. The molecule has 1 aliphatic rings. The van der Waals surface area contributed by atoms with E-state index < -0.39 is 38.0 Å². The molecular formula is C8H11NO8S2. The summed E-state index contributed by atoms with van der Waals surface area (Å²) in [4.78, 5) is 23.1. The van der Waals surface area contributed by atoms with E-state index in [1.165, 1.54) is 0 Å². The zero-order chi connectivity index (χ0) is 14.7. The molecular weight excluding hydrogens is 302 g/mol. The number of hydrogen-bond donors (Lipinski definition) is 0. The van der Waals surface area contributed by atoms with Crippen LogP contribution in [0.5, 0.6) is 0 Å². The topological polar surface area (TPSA) is 124 Å². The number of ether oxygens (including phenoxy) is 1. The molecule has 1 heterocycles. The minimum atomic E-state index is -4.38. The van der Waals surface area contributed by atoms with Crippen LogP contribution in [0, 0.1) is 0 Å². The lowest BCUT2D eigenvalue weighted by Crippen LogP contribution is -2.33. The zero-order valence-corrected chi connectivity index (χ0v) is 11.4. The van der Waals surface area contributed by atoms with Crippen LogP contribution in [0.4, 0.5) is 0 Å². The van der Waals surface area contributed by atoms with E-state index in [-0.39, 0.29) is 13.2 Å². The van der Waals surface area contributed by atoms with Gasteiger partial charge in [-0.2, -0.15) is 16.8 Å². The van der Waals surface area contributed by atoms with Crippen LogP contribution >= 0.6 is 0 Å². The molecule has 0 saturated carbocycles. The van der Waals surface area contributed by atoms with Crippen molar-refractivity contribution in [2.24, 2.45) is 0 Å². The van der Waals surface area contributed by atoms with Crippen LogP contribution < -0.4 is 0 Å². The maximum atomic E-state index is 11.1. The van der Waals surface area contributed by atoms with Crippen molar-refractivity contribution < 1.29 is 34.8 Å². The normalized spacial score (nSPS) is 16.4. The molecule has 0 aromatic rings. The summed E-state index contributed by atoms with van der Waals surface area (Å²) in [7, 11) is -8.53. The standard InChI is InChI=1S/C8H11NO8S2/c1-18(12,13)17-19(14,15)6-16-5-4-9-7(10)2-3-8(9)11/h2-3H,4-6H2,1H3. The number of carbonyl (C=O) groups is 2. The fraction of sp³-hybridized carbons (Fsp3) is 0.500. The van der Waals surface area contributed by atoms with Gasteiger partial charge in [-0.3, -0.25) is 14.5 Å². The van der Waals surface area contributed by atoms with Gasteiger partial charge in [0.15, 0.2) is 5.94 Å². The number of hydrogen-bond acceptors (Lipinski definition) is 8. The second-order valence-corrected chi connectivity index (χ2v) is 6.82. The summed E-state index contributed by atoms with van der Waals surface area (Å²) in [5.74, 6) is -2.04. The highest BCUT2D eigenvalue weighted by Crippen LogP contribution is 2.04. The smallest absolute Gasteiger partial charge is 0.306 e. The van der Waals surface area contributed by atoms with Gasteiger partial charge in [0, 0.05) is 12.2 Å². The number of amides is 2. The predicted molar refractivity (Wildman–Crippen MR) is 61.5 cm³/mol. The van der Waals surface area contributed by atoms with Gasteiger partial charge in [0.25, 0.3) is 21.9 Å². The Labute approximate surface area is 110 Å². The van der Waals surface area contributed by atoms with Crippen LogP contribution in [0.1, 0.15) is 0 Å². The van der Waals surface area contributed by atoms with Gasteiger partial charge >= 0.3 is 10.1 Å². The van der Waals surface area contributed by atoms with E-state index >= 15 is 0 Å². The SMILES string of the molecule is CS(=O)(=O)OS(=O)(=O)COCCN1C(=O)C=CC1=O. The molecule has 1 rings (SSSR count). The Morgan fingerprint density at radius 1 is 1.11 bits per heavy atom. The summed E-state index contributed by atoms with van der Waals surface area (Å²) in [6.45, 7) is -0.398. The van der Waals surface area contributed by atoms with Crippen molar-refractivity contribution in [3.63, 3.8) is 0 Å². The first-order valence-electron chi connectivity index (χ1n) is 4.86. The van der Waals surface area contributed by atoms with E-state index in [2.05, 4.69) is 8.37 Å². The minimum absolute atomic E-state index is 0.140. The summed E-state index contributed by atoms with van der Waals surface area (Å²) in [5.41, 5.74) is 0. The first kappa shape index (κ1) is 15.8. The van der Waals surface area contributed by atoms with Crippen LogP contribution in [-0.2, 0) is 38.2 Å². The molecule has 0 aliphatic carbocycles. The summed E-state index contributed by atoms with van der Waals surface area (Å²) in [6, 6.07) is 0. The molecule has 1 aliphatic heterocycles. The maximum Gasteiger partial charge on any atom is 0.306 e. The molecule has 108 valence electrons. The first-order chi connectivity index (χ1) is 8.61. The molecule has 2 amide bonds. The fourth-order valence-corrected chi connectivity index (χ4v) is 3.16. The third-order valence-corrected chi connectivity index (χ3v) is 4.09. The molecule has 0 saturated heterocycles. The summed E-state index contributed by atoms with van der Waals surface area (Å²) in [6.07, 6.45) is 2.73. The van der Waals surface area contributed by atoms with Crippen molar-refractivity contribution in [1.82, 2.24) is 4.90 Å². The highest BCUT2D eigenvalue weighted by Gasteiger charge is 2.23. The Balaban J connectivity index is 2.36. The van der Waals surface area contributed by atoms with Crippen LogP contribution in [0.25, 0.3) is 0 Å². The molecule has 0 bridgehead atoms. The number of rotatable bonds is 7. The predicted octanol–water partition coefficient (Wildman–Crippen LogP) is -1.81. The van der Waals surface area contributed by atoms with E-state index in [0.29, 0.717) is 6.26 Å². The second-order valence-electron chi connectivity index (χ2n) is 3.52. The summed E-state index contributed by atoms with van der Waals surface area (Å²) < 4.78 is 51.8. The molecule has 11 heteroatoms. The van der Waals surface area contributed by atoms with Gasteiger partial charge in [-0.1, -0.05) is 0 Å². The van der Waals surface area contributed by atoms with E-state index in [1.807, 2.05) is 0 Å². The lowest BCUT2D eigenvalue weighted by Gasteiger charge is -2.13. The Morgan fingerprint density at radius 2 is 1.63 bits per heavy atom. The van der Waals surface area contributed by atoms with Gasteiger partial charge in [-0.25, -0.2) is 0 Å². The molecule has 19 heavy (non-hydrogen) atoms. The van der Waals surface area contributed by atoms with Crippen LogP contribution in [0.15, 0.2) is 12.2 Å². The van der Waals surface area contributed by atoms with Crippen molar-refractivity contribution in [3.05, 3.63) is 12.2 Å². The van der Waals surface area contributed by atoms with Crippen LogP contribution in [-0.4, -0.2) is 58.9 Å². The van der Waals surface area contributed by atoms with Crippen molar-refractivity contribution in [2.75, 3.05) is 25.3 Å². The lowest BCUT2D eigenvalue weighted by molar-refractivity contribution is -0.137. The van der Waals surface area contributed by atoms with E-state index in [1.54, 1.807) is 0 Å². The Hall–Kier alpha value is -1.30. The molecule has 0 spiro atoms. The monoisotopic (exact) mass is 313 g/mol. The Kier molecular flexibility index (Phi) is 4.79. The second kappa shape index (κ2) is 5.77. The molecule has 0 radical (unpaired) electrons. The molecule has 0 N–H and O–H groups in total. The third-order valence-electron chi connectivity index (χ3n) is 1.81. The fourth-order valence-electron chi connectivity index (χ4n) is 1.18. The van der Waals surface area contributed by atoms with Gasteiger partial charge in [-0.15, -0.1) is 3.63 Å². The Bertz CT molecular complexity index is 585. The van der Waals surface area contributed by atoms with Crippen LogP contribution in [0.3, 0.4) is 0 Å². The first-order valence-corrected chi connectivity index (χ1v) is 8.25. The van der Waals surface area contributed by atoms with Crippen molar-refractivity contribution in [2.45, 2.75) is 0 Å². The number of imide groups is 1. The molecule has 0 atom stereocenters. The number of nitrogens with zero attached hydrogens (tertiary/aromatic N) is 1. The zero-order valence-electron chi connectivity index (χ0n) is 9.81. The van der Waals surface area contributed by atoms with Gasteiger partial charge in [0.2, 0.25) is 0 Å². The van der Waals surface area contributed by atoms with Crippen molar-refractivity contribution >= 4 is 32.1 Å². The molecule has 0 aromatic carbocycles. The molecule has 9 nitrogen and oxygen atoms in total. The average Bonchev–Trinajstić information content (AvgIpc) is 2.51. The van der Waals surface area contributed by atoms with Gasteiger partial charge < -0.3 is 4.74 Å². The Morgan fingerprint density at radius 3 is 2.11 bits per heavy atom. The van der Waals surface area contributed by atoms with E-state index in [9.17, 15) is 26.4 Å². The average molecular weight is 313 g/mol. The van der Waals surface area contributed by atoms with Crippen LogP contribution in [0.2, 0.25) is 0 Å². The molecule has 0 aromatic heterocycles. The van der Waals surface area contributed by atoms with E-state index in [0.717, 1.165) is 17.1 Å². The largest absolute Gasteiger partial charge is 0.361 e. The van der Waals surface area contributed by atoms with Gasteiger partial charge in [0.1, 0.15) is 0 Å². The number of carbonyl (C=O) groups excluding carboxylic acids is 2. The molecule has 0 fully saturated rings. The van der Waals surface area contributed by atoms with Crippen molar-refractivity contribution in [1.29, 1.82) is 0 Å².